The molecule has 15 nitrogen and oxygen atoms in total. The molecular weight excluding hydrogens is 972 g/mol. The van der Waals surface area contributed by atoms with Gasteiger partial charge >= 0.3 is 6.18 Å². The maximum Gasteiger partial charge on any atom is 0.417 e. The van der Waals surface area contributed by atoms with E-state index in [1.165, 1.54) is 17.0 Å². The van der Waals surface area contributed by atoms with Crippen LogP contribution in [0.1, 0.15) is 70.3 Å². The highest BCUT2D eigenvalue weighted by Gasteiger charge is 2.51. The summed E-state index contributed by atoms with van der Waals surface area (Å²) in [5.74, 6) is -0.677. The third-order valence-electron chi connectivity index (χ3n) is 12.3. The van der Waals surface area contributed by atoms with Crippen LogP contribution >= 0.6 is 23.6 Å². The number of β-amino-alcohol motifs (C(OH)–C–C–N with tert-alkyl or cyclic N) is 1. The number of nitrogens with one attached hydrogen (secondary N) is 2. The van der Waals surface area contributed by atoms with Crippen molar-refractivity contribution in [3.63, 3.8) is 0 Å². The van der Waals surface area contributed by atoms with E-state index < -0.39 is 76.2 Å². The monoisotopic (exact) mass is 1030 g/mol. The number of aliphatic hydroxyl groups excluding tert-OH is 1. The summed E-state index contributed by atoms with van der Waals surface area (Å²) in [6.07, 6.45) is -6.71. The van der Waals surface area contributed by atoms with Gasteiger partial charge in [0.2, 0.25) is 11.8 Å². The van der Waals surface area contributed by atoms with E-state index in [0.717, 1.165) is 38.7 Å². The van der Waals surface area contributed by atoms with E-state index in [2.05, 4.69) is 15.6 Å². The number of ether oxygens (including phenoxy) is 3. The third kappa shape index (κ3) is 11.6. The number of hydrogen-bond acceptors (Lipinski definition) is 12. The molecule has 5 aromatic rings. The summed E-state index contributed by atoms with van der Waals surface area (Å²) in [6, 6.07) is 23.6. The molecule has 3 heterocycles. The van der Waals surface area contributed by atoms with Gasteiger partial charge in [0.25, 0.3) is 11.8 Å². The number of benzene rings is 4. The number of thiazole rings is 1. The van der Waals surface area contributed by atoms with Gasteiger partial charge in [0.15, 0.2) is 11.2 Å². The Labute approximate surface area is 424 Å². The predicted octanol–water partition coefficient (Wildman–Crippen LogP) is 7.96. The van der Waals surface area contributed by atoms with Gasteiger partial charge in [-0.15, -0.1) is 11.3 Å². The fourth-order valence-corrected chi connectivity index (χ4v) is 9.72. The molecule has 0 unspecified atom stereocenters. The first-order chi connectivity index (χ1) is 34.0. The van der Waals surface area contributed by atoms with Crippen LogP contribution in [0.5, 0.6) is 17.2 Å². The molecule has 0 spiro atoms. The third-order valence-corrected chi connectivity index (χ3v) is 13.6. The maximum absolute atomic E-state index is 14.2. The lowest BCUT2D eigenvalue weighted by molar-refractivity contribution is -0.145. The summed E-state index contributed by atoms with van der Waals surface area (Å²) in [6.45, 7) is 12.6. The van der Waals surface area contributed by atoms with E-state index in [1.54, 1.807) is 112 Å². The van der Waals surface area contributed by atoms with Gasteiger partial charge in [-0.05, 0) is 123 Å². The zero-order valence-corrected chi connectivity index (χ0v) is 42.2. The van der Waals surface area contributed by atoms with E-state index in [1.807, 2.05) is 31.2 Å². The summed E-state index contributed by atoms with van der Waals surface area (Å²) < 4.78 is 58.9. The van der Waals surface area contributed by atoms with E-state index in [9.17, 15) is 42.7 Å². The van der Waals surface area contributed by atoms with Crippen molar-refractivity contribution in [3.05, 3.63) is 119 Å². The van der Waals surface area contributed by atoms with E-state index in [4.69, 9.17) is 26.4 Å². The highest BCUT2D eigenvalue weighted by Crippen LogP contribution is 2.40. The topological polar surface area (TPSA) is 187 Å². The van der Waals surface area contributed by atoms with Crippen LogP contribution in [0.25, 0.3) is 10.4 Å². The minimum atomic E-state index is -4.82. The van der Waals surface area contributed by atoms with Crippen molar-refractivity contribution in [1.29, 1.82) is 5.26 Å². The molecule has 4 atom stereocenters. The van der Waals surface area contributed by atoms with Crippen molar-refractivity contribution < 1.29 is 51.7 Å². The van der Waals surface area contributed by atoms with Crippen LogP contribution < -0.4 is 34.6 Å². The lowest BCUT2D eigenvalue weighted by atomic mass is 9.85. The number of amides is 4. The van der Waals surface area contributed by atoms with Crippen LogP contribution in [0.3, 0.4) is 0 Å². The molecule has 4 aromatic carbocycles. The molecule has 2 fully saturated rings. The van der Waals surface area contributed by atoms with Crippen LogP contribution in [-0.4, -0.2) is 93.3 Å². The number of rotatable bonds is 16. The molecule has 4 amide bonds. The molecule has 0 saturated carbocycles. The Kier molecular flexibility index (Phi) is 15.6. The Morgan fingerprint density at radius 2 is 1.54 bits per heavy atom. The second-order valence-electron chi connectivity index (χ2n) is 19.0. The Balaban J connectivity index is 0.879. The van der Waals surface area contributed by atoms with E-state index in [-0.39, 0.29) is 43.5 Å². The second kappa shape index (κ2) is 21.3. The highest BCUT2D eigenvalue weighted by atomic mass is 32.1. The Bertz CT molecular complexity index is 2860. The maximum atomic E-state index is 14.2. The van der Waals surface area contributed by atoms with Crippen LogP contribution in [0.4, 0.5) is 24.5 Å². The Morgan fingerprint density at radius 1 is 0.944 bits per heavy atom. The molecule has 378 valence electrons. The summed E-state index contributed by atoms with van der Waals surface area (Å²) in [4.78, 5) is 64.1. The molecule has 0 aliphatic carbocycles. The van der Waals surface area contributed by atoms with Gasteiger partial charge in [0.05, 0.1) is 45.1 Å². The number of carbonyl (C=O) groups excluding carboxylic acids is 4. The molecule has 7 rings (SSSR count). The summed E-state index contributed by atoms with van der Waals surface area (Å²) >= 11 is 7.18. The number of aromatic nitrogens is 1. The number of alkyl halides is 3. The minimum absolute atomic E-state index is 0.0327. The molecule has 2 aliphatic rings. The molecule has 1 aromatic heterocycles. The molecular formula is C52H54F3N7O8S2. The number of nitrogens with zero attached hydrogens (tertiary/aromatic N) is 5. The van der Waals surface area contributed by atoms with Gasteiger partial charge in [-0.25, -0.2) is 4.98 Å². The van der Waals surface area contributed by atoms with Crippen LogP contribution in [0, 0.1) is 23.7 Å². The first-order valence-electron chi connectivity index (χ1n) is 23.0. The highest BCUT2D eigenvalue weighted by molar-refractivity contribution is 7.81. The van der Waals surface area contributed by atoms with Crippen LogP contribution in [0.2, 0.25) is 0 Å². The SMILES string of the molecule is Cc1ncsc1-c1ccc(CNC(=O)[C@H]2C[C@@H](O)CN2C(=O)[C@@H](NC(=O)[C@H](C)Oc2ccc(OCCOc3ccc(N4C(=S)N(c5ccc(C#N)c(C(F)(F)F)c5)C(=O)C4(C)C)cc3)cc2)C(C)(C)C)cc1. The van der Waals surface area contributed by atoms with Crippen molar-refractivity contribution in [2.75, 3.05) is 29.6 Å². The van der Waals surface area contributed by atoms with Gasteiger partial charge in [-0.1, -0.05) is 45.0 Å². The largest absolute Gasteiger partial charge is 0.490 e. The zero-order valence-electron chi connectivity index (χ0n) is 40.6. The molecule has 0 radical (unpaired) electrons. The number of aliphatic hydroxyl groups is 1. The van der Waals surface area contributed by atoms with Gasteiger partial charge in [0, 0.05) is 25.2 Å². The summed E-state index contributed by atoms with van der Waals surface area (Å²) in [5, 5.41) is 25.6. The molecule has 0 bridgehead atoms. The number of halogens is 3. The fourth-order valence-electron chi connectivity index (χ4n) is 8.38. The van der Waals surface area contributed by atoms with Crippen molar-refractivity contribution in [2.24, 2.45) is 5.41 Å². The Hall–Kier alpha value is -7.08. The number of thiocarbonyl (C=S) groups is 1. The zero-order chi connectivity index (χ0) is 52.3. The average Bonchev–Trinajstić information content (AvgIpc) is 4.00. The number of nitriles is 1. The number of carbonyl (C=O) groups is 4. The van der Waals surface area contributed by atoms with Gasteiger partial charge in [-0.3, -0.25) is 24.1 Å². The minimum Gasteiger partial charge on any atom is -0.490 e. The van der Waals surface area contributed by atoms with Gasteiger partial charge in [-0.2, -0.15) is 18.4 Å². The van der Waals surface area contributed by atoms with E-state index in [0.29, 0.717) is 22.9 Å². The van der Waals surface area contributed by atoms with Crippen LogP contribution in [0.15, 0.2) is 96.5 Å². The van der Waals surface area contributed by atoms with Crippen molar-refractivity contribution in [2.45, 2.75) is 97.4 Å². The quantitative estimate of drug-likeness (QED) is 0.0641. The molecule has 20 heteroatoms. The second-order valence-corrected chi connectivity index (χ2v) is 20.2. The molecule has 2 aliphatic heterocycles. The standard InChI is InChI=1S/C52H54F3N7O8S2/c1-30-43(72-29-58-30)33-10-8-32(9-11-33)27-57-46(65)42-25-37(63)28-60(42)47(66)44(50(3,4)5)59-45(64)31(2)70-40-20-18-39(19-21-40)69-23-22-68-38-16-14-35(15-17-38)62-49(71)61(48(67)51(62,6)7)36-13-12-34(26-56)41(24-36)52(53,54)55/h8-21,24,29,31,37,42,44,63H,22-23,25,27-28H2,1-7H3,(H,57,65)(H,59,64)/t31-,37+,42+,44+/m0/s1. The van der Waals surface area contributed by atoms with Crippen molar-refractivity contribution >= 4 is 63.7 Å². The van der Waals surface area contributed by atoms with Crippen LogP contribution in [-0.2, 0) is 31.9 Å². The fraction of sp³-hybridized carbons (Fsp3) is 0.365. The first-order valence-corrected chi connectivity index (χ1v) is 24.2. The van der Waals surface area contributed by atoms with Crippen molar-refractivity contribution in [3.8, 4) is 33.8 Å². The molecule has 72 heavy (non-hydrogen) atoms. The number of aryl methyl sites for hydroxylation is 1. The molecule has 3 N–H and O–H groups in total. The average molecular weight is 1030 g/mol. The number of likely N-dealkylation sites (tertiary alicyclic amines) is 1. The summed E-state index contributed by atoms with van der Waals surface area (Å²) in [7, 11) is 0. The predicted molar refractivity (Wildman–Crippen MR) is 268 cm³/mol. The number of hydrogen-bond donors (Lipinski definition) is 3. The normalized spacial score (nSPS) is 17.6. The summed E-state index contributed by atoms with van der Waals surface area (Å²) in [5.41, 5.74) is 1.25. The van der Waals surface area contributed by atoms with Gasteiger partial charge in [0.1, 0.15) is 48.1 Å². The smallest absolute Gasteiger partial charge is 0.417 e. The van der Waals surface area contributed by atoms with Gasteiger partial charge < -0.3 is 39.8 Å². The lowest BCUT2D eigenvalue weighted by Gasteiger charge is -2.35. The Morgan fingerprint density at radius 3 is 2.11 bits per heavy atom. The van der Waals surface area contributed by atoms with E-state index >= 15 is 0 Å². The molecule has 2 saturated heterocycles. The number of anilines is 2. The first kappa shape index (κ1) is 52.7. The lowest BCUT2D eigenvalue weighted by Crippen LogP contribution is -2.59. The van der Waals surface area contributed by atoms with Crippen molar-refractivity contribution in [1.82, 2.24) is 20.5 Å².